The fourth-order valence-electron chi connectivity index (χ4n) is 2.10. The van der Waals surface area contributed by atoms with Crippen LogP contribution in [0.1, 0.15) is 23.6 Å². The maximum Gasteiger partial charge on any atom is 0.269 e. The molecule has 0 radical (unpaired) electrons. The number of benzene rings is 1. The molecule has 1 atom stereocenters. The SMILES string of the molecule is C#CCN[C@@H]1CCc2ccc([N+](=O)[O-])cc21. The first-order valence-corrected chi connectivity index (χ1v) is 5.16. The van der Waals surface area contributed by atoms with Crippen LogP contribution >= 0.6 is 0 Å². The van der Waals surface area contributed by atoms with Crippen LogP contribution in [0.15, 0.2) is 18.2 Å². The lowest BCUT2D eigenvalue weighted by atomic mass is 10.1. The Balaban J connectivity index is 2.27. The molecule has 1 aliphatic rings. The fraction of sp³-hybridized carbons (Fsp3) is 0.333. The average Bonchev–Trinajstić information content (AvgIpc) is 2.68. The van der Waals surface area contributed by atoms with Crippen LogP contribution in [0, 0.1) is 22.5 Å². The third-order valence-corrected chi connectivity index (χ3v) is 2.87. The van der Waals surface area contributed by atoms with Gasteiger partial charge in [0, 0.05) is 18.2 Å². The molecule has 0 amide bonds. The first kappa shape index (κ1) is 10.7. The van der Waals surface area contributed by atoms with Crippen molar-refractivity contribution >= 4 is 5.69 Å². The number of nitrogens with zero attached hydrogens (tertiary/aromatic N) is 1. The van der Waals surface area contributed by atoms with E-state index in [9.17, 15) is 10.1 Å². The van der Waals surface area contributed by atoms with Crippen molar-refractivity contribution in [2.24, 2.45) is 0 Å². The summed E-state index contributed by atoms with van der Waals surface area (Å²) >= 11 is 0. The summed E-state index contributed by atoms with van der Waals surface area (Å²) in [6, 6.07) is 5.20. The van der Waals surface area contributed by atoms with E-state index >= 15 is 0 Å². The lowest BCUT2D eigenvalue weighted by Crippen LogP contribution is -2.19. The predicted molar refractivity (Wildman–Crippen MR) is 61.0 cm³/mol. The van der Waals surface area contributed by atoms with Crippen LogP contribution < -0.4 is 5.32 Å². The molecule has 82 valence electrons. The van der Waals surface area contributed by atoms with Crippen LogP contribution in [0.25, 0.3) is 0 Å². The zero-order valence-corrected chi connectivity index (χ0v) is 8.77. The van der Waals surface area contributed by atoms with Gasteiger partial charge in [-0.05, 0) is 24.0 Å². The molecule has 1 aliphatic carbocycles. The van der Waals surface area contributed by atoms with Crippen LogP contribution in [-0.2, 0) is 6.42 Å². The van der Waals surface area contributed by atoms with Crippen LogP contribution in [-0.4, -0.2) is 11.5 Å². The van der Waals surface area contributed by atoms with Crippen LogP contribution in [0.3, 0.4) is 0 Å². The molecule has 4 heteroatoms. The smallest absolute Gasteiger partial charge is 0.269 e. The van der Waals surface area contributed by atoms with Crippen molar-refractivity contribution in [3.8, 4) is 12.3 Å². The minimum atomic E-state index is -0.364. The van der Waals surface area contributed by atoms with Crippen molar-refractivity contribution in [2.75, 3.05) is 6.54 Å². The number of hydrogen-bond acceptors (Lipinski definition) is 3. The molecule has 16 heavy (non-hydrogen) atoms. The molecule has 0 spiro atoms. The predicted octanol–water partition coefficient (Wildman–Crippen LogP) is 1.80. The zero-order valence-electron chi connectivity index (χ0n) is 8.77. The summed E-state index contributed by atoms with van der Waals surface area (Å²) in [5.74, 6) is 2.52. The molecule has 4 nitrogen and oxygen atoms in total. The lowest BCUT2D eigenvalue weighted by Gasteiger charge is -2.11. The summed E-state index contributed by atoms with van der Waals surface area (Å²) in [4.78, 5) is 10.3. The topological polar surface area (TPSA) is 55.2 Å². The molecule has 1 aromatic carbocycles. The van der Waals surface area contributed by atoms with Gasteiger partial charge in [0.25, 0.3) is 5.69 Å². The summed E-state index contributed by atoms with van der Waals surface area (Å²) < 4.78 is 0. The standard InChI is InChI=1S/C12H12N2O2/c1-2-7-13-12-6-4-9-3-5-10(14(15)16)8-11(9)12/h1,3,5,8,12-13H,4,6-7H2/t12-/m1/s1. The summed E-state index contributed by atoms with van der Waals surface area (Å²) in [5.41, 5.74) is 2.35. The number of non-ortho nitro benzene ring substituents is 1. The second kappa shape index (κ2) is 4.33. The third-order valence-electron chi connectivity index (χ3n) is 2.87. The Hall–Kier alpha value is -1.86. The lowest BCUT2D eigenvalue weighted by molar-refractivity contribution is -0.384. The quantitative estimate of drug-likeness (QED) is 0.476. The zero-order chi connectivity index (χ0) is 11.5. The number of nitro benzene ring substituents is 1. The number of nitrogens with one attached hydrogen (secondary N) is 1. The van der Waals surface area contributed by atoms with Gasteiger partial charge >= 0.3 is 0 Å². The number of terminal acetylenes is 1. The maximum absolute atomic E-state index is 10.7. The van der Waals surface area contributed by atoms with Gasteiger partial charge in [0.1, 0.15) is 0 Å². The van der Waals surface area contributed by atoms with Gasteiger partial charge in [0.15, 0.2) is 0 Å². The van der Waals surface area contributed by atoms with Gasteiger partial charge in [0.05, 0.1) is 11.5 Å². The second-order valence-electron chi connectivity index (χ2n) is 3.82. The largest absolute Gasteiger partial charge is 0.299 e. The number of hydrogen-bond donors (Lipinski definition) is 1. The van der Waals surface area contributed by atoms with Gasteiger partial charge in [-0.25, -0.2) is 0 Å². The van der Waals surface area contributed by atoms with Crippen molar-refractivity contribution in [2.45, 2.75) is 18.9 Å². The summed E-state index contributed by atoms with van der Waals surface area (Å²) in [6.07, 6.45) is 7.09. The van der Waals surface area contributed by atoms with E-state index < -0.39 is 0 Å². The van der Waals surface area contributed by atoms with Crippen LogP contribution in [0.5, 0.6) is 0 Å². The fourth-order valence-corrected chi connectivity index (χ4v) is 2.10. The molecule has 0 unspecified atom stereocenters. The van der Waals surface area contributed by atoms with Crippen molar-refractivity contribution < 1.29 is 4.92 Å². The average molecular weight is 216 g/mol. The molecule has 0 saturated heterocycles. The van der Waals surface area contributed by atoms with E-state index in [-0.39, 0.29) is 16.7 Å². The minimum Gasteiger partial charge on any atom is -0.299 e. The molecule has 0 fully saturated rings. The highest BCUT2D eigenvalue weighted by Gasteiger charge is 2.23. The van der Waals surface area contributed by atoms with Crippen molar-refractivity contribution in [1.82, 2.24) is 5.32 Å². The minimum absolute atomic E-state index is 0.146. The summed E-state index contributed by atoms with van der Waals surface area (Å²) in [6.45, 7) is 0.493. The molecular formula is C12H12N2O2. The molecular weight excluding hydrogens is 204 g/mol. The van der Waals surface area contributed by atoms with Crippen molar-refractivity contribution in [3.05, 3.63) is 39.4 Å². The van der Waals surface area contributed by atoms with Gasteiger partial charge < -0.3 is 0 Å². The Morgan fingerprint density at radius 3 is 3.12 bits per heavy atom. The molecule has 0 aliphatic heterocycles. The van der Waals surface area contributed by atoms with Gasteiger partial charge in [0.2, 0.25) is 0 Å². The monoisotopic (exact) mass is 216 g/mol. The highest BCUT2D eigenvalue weighted by atomic mass is 16.6. The summed E-state index contributed by atoms with van der Waals surface area (Å²) in [5, 5.41) is 13.9. The second-order valence-corrected chi connectivity index (χ2v) is 3.82. The van der Waals surface area contributed by atoms with E-state index in [1.165, 1.54) is 5.56 Å². The van der Waals surface area contributed by atoms with Crippen LogP contribution in [0.2, 0.25) is 0 Å². The van der Waals surface area contributed by atoms with Crippen LogP contribution in [0.4, 0.5) is 5.69 Å². The molecule has 0 aromatic heterocycles. The van der Waals surface area contributed by atoms with E-state index in [4.69, 9.17) is 6.42 Å². The number of nitro groups is 1. The van der Waals surface area contributed by atoms with E-state index in [2.05, 4.69) is 11.2 Å². The first-order valence-electron chi connectivity index (χ1n) is 5.16. The highest BCUT2D eigenvalue weighted by Crippen LogP contribution is 2.33. The third kappa shape index (κ3) is 1.90. The van der Waals surface area contributed by atoms with E-state index in [1.54, 1.807) is 12.1 Å². The van der Waals surface area contributed by atoms with Gasteiger partial charge in [-0.15, -0.1) is 6.42 Å². The Kier molecular flexibility index (Phi) is 2.88. The molecule has 1 aromatic rings. The number of rotatable bonds is 3. The van der Waals surface area contributed by atoms with Gasteiger partial charge in [-0.3, -0.25) is 15.4 Å². The van der Waals surface area contributed by atoms with Crippen molar-refractivity contribution in [3.63, 3.8) is 0 Å². The van der Waals surface area contributed by atoms with Gasteiger partial charge in [-0.2, -0.15) is 0 Å². The molecule has 0 saturated carbocycles. The Bertz CT molecular complexity index is 463. The van der Waals surface area contributed by atoms with E-state index in [0.717, 1.165) is 18.4 Å². The van der Waals surface area contributed by atoms with Gasteiger partial charge in [-0.1, -0.05) is 12.0 Å². The highest BCUT2D eigenvalue weighted by molar-refractivity contribution is 5.44. The van der Waals surface area contributed by atoms with E-state index in [0.29, 0.717) is 6.54 Å². The maximum atomic E-state index is 10.7. The van der Waals surface area contributed by atoms with E-state index in [1.807, 2.05) is 6.07 Å². The Morgan fingerprint density at radius 2 is 2.44 bits per heavy atom. The Morgan fingerprint density at radius 1 is 1.62 bits per heavy atom. The normalized spacial score (nSPS) is 17.8. The molecule has 2 rings (SSSR count). The summed E-state index contributed by atoms with van der Waals surface area (Å²) in [7, 11) is 0. The Labute approximate surface area is 93.8 Å². The number of aryl methyl sites for hydroxylation is 1. The first-order chi connectivity index (χ1) is 7.72. The molecule has 0 heterocycles. The molecule has 0 bridgehead atoms. The molecule has 1 N–H and O–H groups in total. The number of fused-ring (bicyclic) bond motifs is 1. The van der Waals surface area contributed by atoms with Crippen molar-refractivity contribution in [1.29, 1.82) is 0 Å².